The Morgan fingerprint density at radius 1 is 1.00 bits per heavy atom. The average molecular weight is 369 g/mol. The van der Waals surface area contributed by atoms with Crippen LogP contribution in [0.15, 0.2) is 30.3 Å². The van der Waals surface area contributed by atoms with E-state index in [1.165, 1.54) is 9.75 Å². The van der Waals surface area contributed by atoms with E-state index >= 15 is 0 Å². The zero-order valence-corrected chi connectivity index (χ0v) is 15.5. The number of thiophene rings is 1. The molecule has 0 aliphatic heterocycles. The summed E-state index contributed by atoms with van der Waals surface area (Å²) in [5.41, 5.74) is 1.35. The molecule has 21 heavy (non-hydrogen) atoms. The molecule has 0 aliphatic rings. The van der Waals surface area contributed by atoms with Crippen molar-refractivity contribution in [1.29, 1.82) is 0 Å². The highest BCUT2D eigenvalue weighted by molar-refractivity contribution is 9.09. The topological polar surface area (TPSA) is 18.5 Å². The standard InChI is InChI=1S/C17H21BrO2S/c1-17(2,3)15-9-8-14(21-15)16(18)11-6-7-12(19-4)13(10-11)20-5/h6-10,16H,1-5H3. The molecule has 1 unspecified atom stereocenters. The second-order valence-corrected chi connectivity index (χ2v) is 7.96. The molecule has 0 N–H and O–H groups in total. The van der Waals surface area contributed by atoms with Gasteiger partial charge in [-0.3, -0.25) is 0 Å². The molecule has 2 rings (SSSR count). The summed E-state index contributed by atoms with van der Waals surface area (Å²) in [7, 11) is 3.31. The van der Waals surface area contributed by atoms with Crippen LogP contribution < -0.4 is 9.47 Å². The molecule has 0 fully saturated rings. The van der Waals surface area contributed by atoms with Crippen LogP contribution >= 0.6 is 27.3 Å². The Bertz CT molecular complexity index is 613. The molecule has 2 aromatic rings. The number of alkyl halides is 1. The maximum Gasteiger partial charge on any atom is 0.161 e. The van der Waals surface area contributed by atoms with Crippen LogP contribution in [-0.2, 0) is 5.41 Å². The number of ether oxygens (including phenoxy) is 2. The van der Waals surface area contributed by atoms with E-state index in [9.17, 15) is 0 Å². The van der Waals surface area contributed by atoms with Crippen molar-refractivity contribution in [3.05, 3.63) is 45.6 Å². The molecular weight excluding hydrogens is 348 g/mol. The molecule has 0 aliphatic carbocycles. The summed E-state index contributed by atoms with van der Waals surface area (Å²) in [4.78, 5) is 2.85. The van der Waals surface area contributed by atoms with Gasteiger partial charge < -0.3 is 9.47 Å². The lowest BCUT2D eigenvalue weighted by Gasteiger charge is -2.16. The minimum Gasteiger partial charge on any atom is -0.493 e. The van der Waals surface area contributed by atoms with Gasteiger partial charge in [0.1, 0.15) is 0 Å². The van der Waals surface area contributed by atoms with Gasteiger partial charge in [0.2, 0.25) is 0 Å². The second-order valence-electron chi connectivity index (χ2n) is 5.93. The Morgan fingerprint density at radius 3 is 2.19 bits per heavy atom. The van der Waals surface area contributed by atoms with Crippen LogP contribution in [0.3, 0.4) is 0 Å². The molecule has 0 radical (unpaired) electrons. The Labute approximate surface area is 139 Å². The van der Waals surface area contributed by atoms with Gasteiger partial charge in [-0.05, 0) is 35.2 Å². The van der Waals surface area contributed by atoms with E-state index in [1.807, 2.05) is 23.5 Å². The van der Waals surface area contributed by atoms with Crippen LogP contribution in [0.25, 0.3) is 0 Å². The van der Waals surface area contributed by atoms with Crippen molar-refractivity contribution in [2.45, 2.75) is 31.0 Å². The number of rotatable bonds is 4. The Morgan fingerprint density at radius 2 is 1.67 bits per heavy atom. The van der Waals surface area contributed by atoms with E-state index in [2.05, 4.69) is 54.9 Å². The monoisotopic (exact) mass is 368 g/mol. The summed E-state index contributed by atoms with van der Waals surface area (Å²) in [6, 6.07) is 10.4. The van der Waals surface area contributed by atoms with Crippen LogP contribution in [0.1, 0.15) is 40.9 Å². The van der Waals surface area contributed by atoms with Gasteiger partial charge in [0, 0.05) is 9.75 Å². The molecule has 0 amide bonds. The highest BCUT2D eigenvalue weighted by Crippen LogP contribution is 2.41. The third kappa shape index (κ3) is 3.61. The van der Waals surface area contributed by atoms with Gasteiger partial charge in [-0.2, -0.15) is 0 Å². The predicted molar refractivity (Wildman–Crippen MR) is 93.3 cm³/mol. The summed E-state index contributed by atoms with van der Waals surface area (Å²) in [5.74, 6) is 1.51. The second kappa shape index (κ2) is 6.41. The lowest BCUT2D eigenvalue weighted by molar-refractivity contribution is 0.354. The van der Waals surface area contributed by atoms with E-state index in [4.69, 9.17) is 9.47 Å². The number of methoxy groups -OCH3 is 2. The Kier molecular flexibility index (Phi) is 4.99. The average Bonchev–Trinajstić information content (AvgIpc) is 2.95. The molecular formula is C17H21BrO2S. The Balaban J connectivity index is 2.31. The molecule has 0 bridgehead atoms. The van der Waals surface area contributed by atoms with Crippen molar-refractivity contribution in [2.24, 2.45) is 0 Å². The van der Waals surface area contributed by atoms with E-state index in [1.54, 1.807) is 14.2 Å². The van der Waals surface area contributed by atoms with E-state index in [0.29, 0.717) is 0 Å². The first-order chi connectivity index (χ1) is 9.86. The van der Waals surface area contributed by atoms with Gasteiger partial charge in [-0.1, -0.05) is 42.8 Å². The first-order valence-electron chi connectivity index (χ1n) is 6.83. The lowest BCUT2D eigenvalue weighted by Crippen LogP contribution is -2.07. The van der Waals surface area contributed by atoms with Crippen molar-refractivity contribution in [3.8, 4) is 11.5 Å². The molecule has 0 spiro atoms. The molecule has 2 nitrogen and oxygen atoms in total. The van der Waals surface area contributed by atoms with Gasteiger partial charge in [-0.15, -0.1) is 11.3 Å². The summed E-state index contributed by atoms with van der Waals surface area (Å²) in [6.07, 6.45) is 0. The highest BCUT2D eigenvalue weighted by atomic mass is 79.9. The van der Waals surface area contributed by atoms with E-state index in [-0.39, 0.29) is 10.2 Å². The first-order valence-corrected chi connectivity index (χ1v) is 8.56. The molecule has 0 saturated heterocycles. The van der Waals surface area contributed by atoms with Gasteiger partial charge in [0.05, 0.1) is 19.0 Å². The molecule has 1 aromatic carbocycles. The summed E-state index contributed by atoms with van der Waals surface area (Å²) < 4.78 is 10.7. The van der Waals surface area contributed by atoms with Gasteiger partial charge >= 0.3 is 0 Å². The smallest absolute Gasteiger partial charge is 0.161 e. The fourth-order valence-electron chi connectivity index (χ4n) is 2.07. The maximum atomic E-state index is 5.38. The zero-order chi connectivity index (χ0) is 15.6. The fraction of sp³-hybridized carbons (Fsp3) is 0.412. The van der Waals surface area contributed by atoms with Gasteiger partial charge in [-0.25, -0.2) is 0 Å². The minimum atomic E-state index is 0.165. The van der Waals surface area contributed by atoms with E-state index < -0.39 is 0 Å². The number of halogens is 1. The normalized spacial score (nSPS) is 13.0. The fourth-order valence-corrected chi connectivity index (χ4v) is 3.86. The van der Waals surface area contributed by atoms with Crippen LogP contribution in [0.2, 0.25) is 0 Å². The summed E-state index contributed by atoms with van der Waals surface area (Å²) >= 11 is 5.65. The largest absolute Gasteiger partial charge is 0.493 e. The van der Waals surface area contributed by atoms with E-state index in [0.717, 1.165) is 17.1 Å². The molecule has 4 heteroatoms. The van der Waals surface area contributed by atoms with Crippen molar-refractivity contribution >= 4 is 27.3 Å². The molecule has 0 saturated carbocycles. The lowest BCUT2D eigenvalue weighted by atomic mass is 9.95. The molecule has 1 heterocycles. The summed E-state index contributed by atoms with van der Waals surface area (Å²) in [6.45, 7) is 6.72. The maximum absolute atomic E-state index is 5.38. The van der Waals surface area contributed by atoms with Crippen LogP contribution in [0.5, 0.6) is 11.5 Å². The third-order valence-electron chi connectivity index (χ3n) is 3.32. The number of hydrogen-bond acceptors (Lipinski definition) is 3. The molecule has 1 aromatic heterocycles. The molecule has 114 valence electrons. The van der Waals surface area contributed by atoms with Crippen molar-refractivity contribution < 1.29 is 9.47 Å². The first kappa shape index (κ1) is 16.4. The highest BCUT2D eigenvalue weighted by Gasteiger charge is 2.20. The quantitative estimate of drug-likeness (QED) is 0.658. The van der Waals surface area contributed by atoms with Gasteiger partial charge in [0.15, 0.2) is 11.5 Å². The third-order valence-corrected chi connectivity index (χ3v) is 6.22. The van der Waals surface area contributed by atoms with Crippen LogP contribution in [-0.4, -0.2) is 14.2 Å². The SMILES string of the molecule is COc1ccc(C(Br)c2ccc(C(C)(C)C)s2)cc1OC. The number of hydrogen-bond donors (Lipinski definition) is 0. The summed E-state index contributed by atoms with van der Waals surface area (Å²) in [5, 5.41) is 0. The Hall–Kier alpha value is -1.00. The minimum absolute atomic E-state index is 0.165. The van der Waals surface area contributed by atoms with Crippen LogP contribution in [0, 0.1) is 0 Å². The van der Waals surface area contributed by atoms with Crippen molar-refractivity contribution in [2.75, 3.05) is 14.2 Å². The van der Waals surface area contributed by atoms with Crippen LogP contribution in [0.4, 0.5) is 0 Å². The van der Waals surface area contributed by atoms with Crippen molar-refractivity contribution in [1.82, 2.24) is 0 Å². The number of benzene rings is 1. The molecule has 1 atom stereocenters. The van der Waals surface area contributed by atoms with Gasteiger partial charge in [0.25, 0.3) is 0 Å². The van der Waals surface area contributed by atoms with Crippen molar-refractivity contribution in [3.63, 3.8) is 0 Å². The zero-order valence-electron chi connectivity index (χ0n) is 13.1. The predicted octanol–water partition coefficient (Wildman–Crippen LogP) is 5.55.